The normalized spacial score (nSPS) is 29.5. The summed E-state index contributed by atoms with van der Waals surface area (Å²) in [6, 6.07) is 4.92. The first-order valence-electron chi connectivity index (χ1n) is 7.27. The molecule has 0 radical (unpaired) electrons. The van der Waals surface area contributed by atoms with Crippen LogP contribution in [-0.4, -0.2) is 23.4 Å². The van der Waals surface area contributed by atoms with E-state index in [-0.39, 0.29) is 17.7 Å². The van der Waals surface area contributed by atoms with Crippen LogP contribution in [0.3, 0.4) is 0 Å². The van der Waals surface area contributed by atoms with Crippen molar-refractivity contribution < 1.29 is 9.59 Å². The van der Waals surface area contributed by atoms with Crippen LogP contribution in [0.25, 0.3) is 0 Å². The molecule has 2 aliphatic rings. The van der Waals surface area contributed by atoms with Crippen LogP contribution in [0.4, 0.5) is 5.69 Å². The molecule has 2 unspecified atom stereocenters. The number of carbonyl (C=O) groups is 2. The number of rotatable bonds is 2. The number of hydrogen-bond acceptors (Lipinski definition) is 2. The van der Waals surface area contributed by atoms with Gasteiger partial charge in [0, 0.05) is 10.7 Å². The van der Waals surface area contributed by atoms with Crippen molar-refractivity contribution in [1.82, 2.24) is 5.32 Å². The molecule has 1 aromatic carbocycles. The molecule has 1 saturated heterocycles. The molecule has 4 nitrogen and oxygen atoms in total. The lowest BCUT2D eigenvalue weighted by Gasteiger charge is -2.44. The molecule has 2 amide bonds. The second-order valence-electron chi connectivity index (χ2n) is 6.20. The number of piperazine rings is 1. The SMILES string of the molecule is Cc1c(Cl)cccc1N1C(=O)C(C)(C2CC2)NC(=O)C1C. The summed E-state index contributed by atoms with van der Waals surface area (Å²) in [4.78, 5) is 27.0. The topological polar surface area (TPSA) is 49.4 Å². The number of hydrogen-bond donors (Lipinski definition) is 1. The van der Waals surface area contributed by atoms with Crippen molar-refractivity contribution in [2.24, 2.45) is 5.92 Å². The minimum absolute atomic E-state index is 0.0394. The molecule has 1 aliphatic carbocycles. The molecule has 0 spiro atoms. The third-order valence-corrected chi connectivity index (χ3v) is 5.11. The van der Waals surface area contributed by atoms with E-state index < -0.39 is 11.6 Å². The number of anilines is 1. The lowest BCUT2D eigenvalue weighted by molar-refractivity contribution is -0.138. The first kappa shape index (κ1) is 14.4. The quantitative estimate of drug-likeness (QED) is 0.913. The van der Waals surface area contributed by atoms with E-state index in [1.54, 1.807) is 17.9 Å². The summed E-state index contributed by atoms with van der Waals surface area (Å²) in [5.74, 6) is 0.0919. The summed E-state index contributed by atoms with van der Waals surface area (Å²) in [5.41, 5.74) is 0.757. The zero-order valence-electron chi connectivity index (χ0n) is 12.4. The molecule has 1 aromatic rings. The molecule has 2 fully saturated rings. The maximum atomic E-state index is 13.0. The van der Waals surface area contributed by atoms with Crippen molar-refractivity contribution in [3.8, 4) is 0 Å². The van der Waals surface area contributed by atoms with Gasteiger partial charge in [0.1, 0.15) is 11.6 Å². The third kappa shape index (κ3) is 2.13. The van der Waals surface area contributed by atoms with Crippen molar-refractivity contribution in [1.29, 1.82) is 0 Å². The molecule has 0 bridgehead atoms. The Labute approximate surface area is 129 Å². The van der Waals surface area contributed by atoms with Gasteiger partial charge in [0.2, 0.25) is 5.91 Å². The van der Waals surface area contributed by atoms with Crippen LogP contribution in [0.5, 0.6) is 0 Å². The molecule has 1 heterocycles. The van der Waals surface area contributed by atoms with Crippen LogP contribution in [0.2, 0.25) is 5.02 Å². The number of amides is 2. The number of benzene rings is 1. The zero-order valence-corrected chi connectivity index (χ0v) is 13.2. The second-order valence-corrected chi connectivity index (χ2v) is 6.61. The predicted molar refractivity (Wildman–Crippen MR) is 82.4 cm³/mol. The molecule has 2 atom stereocenters. The lowest BCUT2D eigenvalue weighted by atomic mass is 9.89. The lowest BCUT2D eigenvalue weighted by Crippen LogP contribution is -2.70. The van der Waals surface area contributed by atoms with Crippen molar-refractivity contribution >= 4 is 29.1 Å². The summed E-state index contributed by atoms with van der Waals surface area (Å²) in [5, 5.41) is 3.53. The fourth-order valence-corrected chi connectivity index (χ4v) is 3.24. The fraction of sp³-hybridized carbons (Fsp3) is 0.500. The van der Waals surface area contributed by atoms with E-state index >= 15 is 0 Å². The monoisotopic (exact) mass is 306 g/mol. The van der Waals surface area contributed by atoms with Crippen LogP contribution in [0, 0.1) is 12.8 Å². The van der Waals surface area contributed by atoms with Gasteiger partial charge >= 0.3 is 0 Å². The van der Waals surface area contributed by atoms with Crippen molar-refractivity contribution in [3.05, 3.63) is 28.8 Å². The van der Waals surface area contributed by atoms with E-state index in [0.717, 1.165) is 24.1 Å². The molecule has 0 aromatic heterocycles. The molecule has 112 valence electrons. The molecule has 21 heavy (non-hydrogen) atoms. The summed E-state index contributed by atoms with van der Waals surface area (Å²) in [6.45, 7) is 5.46. The highest BCUT2D eigenvalue weighted by Crippen LogP contribution is 2.43. The van der Waals surface area contributed by atoms with Crippen molar-refractivity contribution in [2.75, 3.05) is 4.90 Å². The van der Waals surface area contributed by atoms with E-state index in [4.69, 9.17) is 11.6 Å². The largest absolute Gasteiger partial charge is 0.340 e. The molecular weight excluding hydrogens is 288 g/mol. The maximum Gasteiger partial charge on any atom is 0.253 e. The Morgan fingerprint density at radius 1 is 1.33 bits per heavy atom. The van der Waals surface area contributed by atoms with E-state index in [0.29, 0.717) is 5.02 Å². The second kappa shape index (κ2) is 4.73. The van der Waals surface area contributed by atoms with Gasteiger partial charge in [-0.1, -0.05) is 17.7 Å². The van der Waals surface area contributed by atoms with Gasteiger partial charge in [0.25, 0.3) is 5.91 Å². The van der Waals surface area contributed by atoms with Crippen molar-refractivity contribution in [2.45, 2.75) is 45.2 Å². The van der Waals surface area contributed by atoms with E-state index in [1.807, 2.05) is 26.0 Å². The highest BCUT2D eigenvalue weighted by atomic mass is 35.5. The van der Waals surface area contributed by atoms with E-state index in [9.17, 15) is 9.59 Å². The Balaban J connectivity index is 2.08. The highest BCUT2D eigenvalue weighted by Gasteiger charge is 2.55. The van der Waals surface area contributed by atoms with Gasteiger partial charge in [-0.15, -0.1) is 0 Å². The Kier molecular flexibility index (Phi) is 3.24. The molecule has 1 N–H and O–H groups in total. The molecule has 1 aliphatic heterocycles. The van der Waals surface area contributed by atoms with Gasteiger partial charge in [-0.25, -0.2) is 0 Å². The van der Waals surface area contributed by atoms with Crippen LogP contribution < -0.4 is 10.2 Å². The van der Waals surface area contributed by atoms with Gasteiger partial charge in [-0.05, 0) is 57.2 Å². The van der Waals surface area contributed by atoms with Gasteiger partial charge in [-0.2, -0.15) is 0 Å². The zero-order chi connectivity index (χ0) is 15.4. The summed E-state index contributed by atoms with van der Waals surface area (Å²) in [6.07, 6.45) is 1.97. The smallest absolute Gasteiger partial charge is 0.253 e. The first-order chi connectivity index (χ1) is 9.86. The first-order valence-corrected chi connectivity index (χ1v) is 7.65. The summed E-state index contributed by atoms with van der Waals surface area (Å²) >= 11 is 6.17. The Morgan fingerprint density at radius 2 is 2.00 bits per heavy atom. The Bertz CT molecular complexity index is 627. The minimum Gasteiger partial charge on any atom is -0.340 e. The van der Waals surface area contributed by atoms with Crippen LogP contribution in [0.15, 0.2) is 18.2 Å². The van der Waals surface area contributed by atoms with Gasteiger partial charge < -0.3 is 5.32 Å². The number of halogens is 1. The molecule has 1 saturated carbocycles. The number of nitrogens with one attached hydrogen (secondary N) is 1. The molecule has 3 rings (SSSR count). The third-order valence-electron chi connectivity index (χ3n) is 4.71. The molecule has 5 heteroatoms. The summed E-state index contributed by atoms with van der Waals surface area (Å²) < 4.78 is 0. The van der Waals surface area contributed by atoms with Gasteiger partial charge in [-0.3, -0.25) is 14.5 Å². The molecular formula is C16H19ClN2O2. The summed E-state index contributed by atoms with van der Waals surface area (Å²) in [7, 11) is 0. The average Bonchev–Trinajstić information content (AvgIpc) is 3.26. The standard InChI is InChI=1S/C16H19ClN2O2/c1-9-12(17)5-4-6-13(9)19-10(2)14(20)18-16(3,15(19)21)11-7-8-11/h4-6,10-11H,7-8H2,1-3H3,(H,18,20). The van der Waals surface area contributed by atoms with Crippen molar-refractivity contribution in [3.63, 3.8) is 0 Å². The minimum atomic E-state index is -0.793. The van der Waals surface area contributed by atoms with Gasteiger partial charge in [0.15, 0.2) is 0 Å². The maximum absolute atomic E-state index is 13.0. The highest BCUT2D eigenvalue weighted by molar-refractivity contribution is 6.32. The van der Waals surface area contributed by atoms with Crippen LogP contribution in [0.1, 0.15) is 32.3 Å². The number of carbonyl (C=O) groups excluding carboxylic acids is 2. The number of nitrogens with zero attached hydrogens (tertiary/aromatic N) is 1. The predicted octanol–water partition coefficient (Wildman–Crippen LogP) is 2.67. The van der Waals surface area contributed by atoms with E-state index in [2.05, 4.69) is 5.32 Å². The van der Waals surface area contributed by atoms with Gasteiger partial charge in [0.05, 0.1) is 0 Å². The van der Waals surface area contributed by atoms with Crippen LogP contribution >= 0.6 is 11.6 Å². The van der Waals surface area contributed by atoms with E-state index in [1.165, 1.54) is 0 Å². The van der Waals surface area contributed by atoms with Crippen LogP contribution in [-0.2, 0) is 9.59 Å². The average molecular weight is 307 g/mol. The Hall–Kier alpha value is -1.55. The fourth-order valence-electron chi connectivity index (χ4n) is 3.07. The Morgan fingerprint density at radius 3 is 2.62 bits per heavy atom.